The third-order valence-electron chi connectivity index (χ3n) is 4.57. The van der Waals surface area contributed by atoms with E-state index in [1.807, 2.05) is 30.3 Å². The maximum atomic E-state index is 12.7. The normalized spacial score (nSPS) is 15.4. The van der Waals surface area contributed by atoms with Crippen molar-refractivity contribution < 1.29 is 13.2 Å². The monoisotopic (exact) mass is 388 g/mol. The van der Waals surface area contributed by atoms with Gasteiger partial charge in [0.15, 0.2) is 5.65 Å². The second-order valence-corrected chi connectivity index (χ2v) is 8.31. The maximum absolute atomic E-state index is 12.7. The molecule has 4 rings (SSSR count). The lowest BCUT2D eigenvalue weighted by atomic mass is 10.3. The zero-order valence-electron chi connectivity index (χ0n) is 14.7. The summed E-state index contributed by atoms with van der Waals surface area (Å²) >= 11 is 0. The molecule has 0 atom stereocenters. The van der Waals surface area contributed by atoms with Gasteiger partial charge in [0.1, 0.15) is 12.4 Å². The van der Waals surface area contributed by atoms with Crippen molar-refractivity contribution in [1.29, 1.82) is 0 Å². The molecule has 0 N–H and O–H groups in total. The third-order valence-corrected chi connectivity index (χ3v) is 6.45. The Labute approximate surface area is 156 Å². The number of aromatic nitrogens is 3. The molecule has 1 aliphatic heterocycles. The number of benzene rings is 1. The molecule has 27 heavy (non-hydrogen) atoms. The molecule has 142 valence electrons. The van der Waals surface area contributed by atoms with Gasteiger partial charge in [-0.15, -0.1) is 5.10 Å². The lowest BCUT2D eigenvalue weighted by Gasteiger charge is -2.15. The van der Waals surface area contributed by atoms with E-state index in [0.29, 0.717) is 24.5 Å². The molecule has 0 radical (unpaired) electrons. The highest BCUT2D eigenvalue weighted by Gasteiger charge is 2.27. The molecule has 3 heterocycles. The van der Waals surface area contributed by atoms with Crippen LogP contribution in [0.5, 0.6) is 5.75 Å². The molecular formula is C18H20N4O4S. The van der Waals surface area contributed by atoms with Crippen molar-refractivity contribution in [3.63, 3.8) is 0 Å². The van der Waals surface area contributed by atoms with E-state index in [4.69, 9.17) is 4.74 Å². The van der Waals surface area contributed by atoms with Gasteiger partial charge in [0.2, 0.25) is 10.0 Å². The van der Waals surface area contributed by atoms with E-state index >= 15 is 0 Å². The molecule has 0 amide bonds. The molecule has 0 saturated carbocycles. The van der Waals surface area contributed by atoms with Gasteiger partial charge < -0.3 is 4.74 Å². The molecule has 0 aliphatic carbocycles. The molecule has 1 saturated heterocycles. The molecule has 1 fully saturated rings. The van der Waals surface area contributed by atoms with Crippen LogP contribution < -0.4 is 10.4 Å². The summed E-state index contributed by atoms with van der Waals surface area (Å²) in [6.45, 7) is 1.59. The van der Waals surface area contributed by atoms with Gasteiger partial charge in [-0.1, -0.05) is 18.2 Å². The number of rotatable bonds is 6. The first kappa shape index (κ1) is 17.7. The number of sulfonamides is 1. The van der Waals surface area contributed by atoms with Crippen molar-refractivity contribution in [2.24, 2.45) is 0 Å². The fraction of sp³-hybridized carbons (Fsp3) is 0.333. The minimum atomic E-state index is -3.58. The van der Waals surface area contributed by atoms with Gasteiger partial charge in [0.05, 0.1) is 11.4 Å². The van der Waals surface area contributed by atoms with E-state index in [1.165, 1.54) is 25.7 Å². The maximum Gasteiger partial charge on any atom is 0.350 e. The summed E-state index contributed by atoms with van der Waals surface area (Å²) in [5.74, 6) is 0.716. The Morgan fingerprint density at radius 2 is 1.78 bits per heavy atom. The first-order valence-electron chi connectivity index (χ1n) is 8.83. The SMILES string of the molecule is O=c1n(CCOc2ccccc2)nc2ccc(S(=O)(=O)N3CCCC3)cn12. The minimum absolute atomic E-state index is 0.110. The quantitative estimate of drug-likeness (QED) is 0.636. The molecule has 0 bridgehead atoms. The van der Waals surface area contributed by atoms with Gasteiger partial charge in [-0.3, -0.25) is 0 Å². The number of nitrogens with zero attached hydrogens (tertiary/aromatic N) is 4. The standard InChI is InChI=1S/C18H20N4O4S/c23-18-21-14-16(27(24,25)20-10-4-5-11-20)8-9-17(21)19-22(18)12-13-26-15-6-2-1-3-7-15/h1-3,6-9,14H,4-5,10-13H2. The number of pyridine rings is 1. The summed E-state index contributed by atoms with van der Waals surface area (Å²) in [5.41, 5.74) is 0.0141. The first-order valence-corrected chi connectivity index (χ1v) is 10.3. The molecular weight excluding hydrogens is 368 g/mol. The number of hydrogen-bond acceptors (Lipinski definition) is 5. The summed E-state index contributed by atoms with van der Waals surface area (Å²) in [7, 11) is -3.58. The Morgan fingerprint density at radius 3 is 2.52 bits per heavy atom. The molecule has 2 aromatic heterocycles. The van der Waals surface area contributed by atoms with Crippen molar-refractivity contribution in [3.8, 4) is 5.75 Å². The average Bonchev–Trinajstić information content (AvgIpc) is 3.32. The van der Waals surface area contributed by atoms with E-state index in [0.717, 1.165) is 12.8 Å². The van der Waals surface area contributed by atoms with Crippen molar-refractivity contribution in [3.05, 3.63) is 59.1 Å². The van der Waals surface area contributed by atoms with Crippen molar-refractivity contribution in [1.82, 2.24) is 18.5 Å². The van der Waals surface area contributed by atoms with E-state index in [2.05, 4.69) is 5.10 Å². The van der Waals surface area contributed by atoms with Crippen LogP contribution >= 0.6 is 0 Å². The molecule has 3 aromatic rings. The zero-order valence-corrected chi connectivity index (χ0v) is 15.5. The highest BCUT2D eigenvalue weighted by Crippen LogP contribution is 2.20. The minimum Gasteiger partial charge on any atom is -0.492 e. The lowest BCUT2D eigenvalue weighted by Crippen LogP contribution is -2.28. The Morgan fingerprint density at radius 1 is 1.04 bits per heavy atom. The first-order chi connectivity index (χ1) is 13.1. The smallest absolute Gasteiger partial charge is 0.350 e. The van der Waals surface area contributed by atoms with Gasteiger partial charge >= 0.3 is 5.69 Å². The van der Waals surface area contributed by atoms with Gasteiger partial charge in [-0.2, -0.15) is 4.31 Å². The summed E-state index contributed by atoms with van der Waals surface area (Å²) < 4.78 is 35.0. The molecule has 0 unspecified atom stereocenters. The Kier molecular flexibility index (Phi) is 4.71. The van der Waals surface area contributed by atoms with Crippen LogP contribution in [0.4, 0.5) is 0 Å². The summed E-state index contributed by atoms with van der Waals surface area (Å²) in [4.78, 5) is 12.7. The van der Waals surface area contributed by atoms with Crippen molar-refractivity contribution in [2.75, 3.05) is 19.7 Å². The predicted molar refractivity (Wildman–Crippen MR) is 99.4 cm³/mol. The van der Waals surface area contributed by atoms with Gasteiger partial charge in [-0.05, 0) is 37.1 Å². The van der Waals surface area contributed by atoms with Crippen LogP contribution in [0.2, 0.25) is 0 Å². The molecule has 9 heteroatoms. The molecule has 0 spiro atoms. The van der Waals surface area contributed by atoms with Crippen LogP contribution in [0.1, 0.15) is 12.8 Å². The second kappa shape index (κ2) is 7.16. The van der Waals surface area contributed by atoms with Crippen LogP contribution in [0.15, 0.2) is 58.4 Å². The van der Waals surface area contributed by atoms with Crippen LogP contribution in [0.25, 0.3) is 5.65 Å². The third kappa shape index (κ3) is 3.47. The van der Waals surface area contributed by atoms with Crippen LogP contribution in [0.3, 0.4) is 0 Å². The summed E-state index contributed by atoms with van der Waals surface area (Å²) in [6, 6.07) is 12.4. The molecule has 1 aliphatic rings. The Bertz CT molecular complexity index is 1100. The number of ether oxygens (including phenoxy) is 1. The largest absolute Gasteiger partial charge is 0.492 e. The second-order valence-electron chi connectivity index (χ2n) is 6.37. The number of fused-ring (bicyclic) bond motifs is 1. The summed E-state index contributed by atoms with van der Waals surface area (Å²) in [6.07, 6.45) is 3.08. The Balaban J connectivity index is 1.56. The van der Waals surface area contributed by atoms with Crippen molar-refractivity contribution >= 4 is 15.7 Å². The zero-order chi connectivity index (χ0) is 18.9. The topological polar surface area (TPSA) is 85.9 Å². The summed E-state index contributed by atoms with van der Waals surface area (Å²) in [5, 5.41) is 4.24. The van der Waals surface area contributed by atoms with Gasteiger partial charge in [-0.25, -0.2) is 22.3 Å². The van der Waals surface area contributed by atoms with Gasteiger partial charge in [0.25, 0.3) is 0 Å². The van der Waals surface area contributed by atoms with E-state index < -0.39 is 10.0 Å². The van der Waals surface area contributed by atoms with E-state index in [-0.39, 0.29) is 23.7 Å². The van der Waals surface area contributed by atoms with Crippen LogP contribution in [-0.4, -0.2) is 46.6 Å². The van der Waals surface area contributed by atoms with Crippen LogP contribution in [-0.2, 0) is 16.6 Å². The van der Waals surface area contributed by atoms with E-state index in [1.54, 1.807) is 6.07 Å². The van der Waals surface area contributed by atoms with Gasteiger partial charge in [0, 0.05) is 19.3 Å². The fourth-order valence-electron chi connectivity index (χ4n) is 3.14. The van der Waals surface area contributed by atoms with Crippen molar-refractivity contribution in [2.45, 2.75) is 24.3 Å². The average molecular weight is 388 g/mol. The predicted octanol–water partition coefficient (Wildman–Crippen LogP) is 1.36. The highest BCUT2D eigenvalue weighted by molar-refractivity contribution is 7.89. The lowest BCUT2D eigenvalue weighted by molar-refractivity contribution is 0.289. The molecule has 1 aromatic carbocycles. The molecule has 8 nitrogen and oxygen atoms in total. The number of para-hydroxylation sites is 1. The Hall–Kier alpha value is -2.65. The van der Waals surface area contributed by atoms with E-state index in [9.17, 15) is 13.2 Å². The number of hydrogen-bond donors (Lipinski definition) is 0. The highest BCUT2D eigenvalue weighted by atomic mass is 32.2. The van der Waals surface area contributed by atoms with Crippen LogP contribution in [0, 0.1) is 0 Å². The fourth-order valence-corrected chi connectivity index (χ4v) is 4.66.